The highest BCUT2D eigenvalue weighted by molar-refractivity contribution is 5.86. The van der Waals surface area contributed by atoms with Crippen molar-refractivity contribution in [2.45, 2.75) is 13.3 Å². The number of hydrogen-bond donors (Lipinski definition) is 1. The number of methoxy groups -OCH3 is 1. The molecule has 1 aliphatic rings. The van der Waals surface area contributed by atoms with E-state index in [1.165, 1.54) is 5.69 Å². The lowest BCUT2D eigenvalue weighted by molar-refractivity contribution is -0.133. The highest BCUT2D eigenvalue weighted by atomic mass is 16.5. The van der Waals surface area contributed by atoms with Gasteiger partial charge in [0.15, 0.2) is 0 Å². The van der Waals surface area contributed by atoms with Crippen molar-refractivity contribution in [1.82, 2.24) is 10.2 Å². The summed E-state index contributed by atoms with van der Waals surface area (Å²) in [6.45, 7) is 4.92. The number of benzene rings is 2. The van der Waals surface area contributed by atoms with E-state index in [2.05, 4.69) is 22.3 Å². The van der Waals surface area contributed by atoms with Gasteiger partial charge in [-0.25, -0.2) is 0 Å². The van der Waals surface area contributed by atoms with E-state index in [4.69, 9.17) is 4.74 Å². The van der Waals surface area contributed by atoms with Gasteiger partial charge in [0, 0.05) is 31.9 Å². The number of amides is 2. The van der Waals surface area contributed by atoms with Gasteiger partial charge in [-0.2, -0.15) is 0 Å². The van der Waals surface area contributed by atoms with Crippen LogP contribution >= 0.6 is 0 Å². The molecule has 0 radical (unpaired) electrons. The van der Waals surface area contributed by atoms with Crippen molar-refractivity contribution >= 4 is 17.5 Å². The highest BCUT2D eigenvalue weighted by Gasteiger charge is 2.21. The first-order chi connectivity index (χ1) is 13.6. The summed E-state index contributed by atoms with van der Waals surface area (Å²) in [5.74, 6) is 0.558. The van der Waals surface area contributed by atoms with Crippen LogP contribution in [0.2, 0.25) is 0 Å². The number of ether oxygens (including phenoxy) is 1. The van der Waals surface area contributed by atoms with Gasteiger partial charge in [0.1, 0.15) is 5.75 Å². The Balaban J connectivity index is 1.43. The van der Waals surface area contributed by atoms with Crippen LogP contribution in [0.25, 0.3) is 0 Å². The van der Waals surface area contributed by atoms with Crippen LogP contribution in [0.1, 0.15) is 11.1 Å². The molecule has 0 unspecified atom stereocenters. The molecule has 1 heterocycles. The van der Waals surface area contributed by atoms with Crippen molar-refractivity contribution in [1.29, 1.82) is 0 Å². The molecule has 1 fully saturated rings. The number of rotatable bonds is 6. The van der Waals surface area contributed by atoms with Crippen LogP contribution in [-0.2, 0) is 16.0 Å². The number of anilines is 1. The van der Waals surface area contributed by atoms with Gasteiger partial charge >= 0.3 is 0 Å². The minimum absolute atomic E-state index is 0.0349. The normalized spacial score (nSPS) is 13.9. The van der Waals surface area contributed by atoms with Gasteiger partial charge in [-0.05, 0) is 36.2 Å². The molecule has 0 aliphatic carbocycles. The van der Waals surface area contributed by atoms with E-state index < -0.39 is 0 Å². The third-order valence-corrected chi connectivity index (χ3v) is 5.03. The number of hydrogen-bond acceptors (Lipinski definition) is 4. The van der Waals surface area contributed by atoms with E-state index in [1.54, 1.807) is 7.11 Å². The highest BCUT2D eigenvalue weighted by Crippen LogP contribution is 2.19. The number of carbonyl (C=O) groups is 2. The standard InChI is InChI=1S/C22H27N3O3/c1-17-8-9-18(14-20(17)28-2)15-21(26)23-16-22(27)25-12-10-24(11-13-25)19-6-4-3-5-7-19/h3-9,14H,10-13,15-16H2,1-2H3,(H,23,26). The van der Waals surface area contributed by atoms with E-state index in [-0.39, 0.29) is 24.8 Å². The predicted molar refractivity (Wildman–Crippen MR) is 110 cm³/mol. The fraction of sp³-hybridized carbons (Fsp3) is 0.364. The summed E-state index contributed by atoms with van der Waals surface area (Å²) in [5.41, 5.74) is 3.07. The molecule has 6 nitrogen and oxygen atoms in total. The van der Waals surface area contributed by atoms with Gasteiger partial charge in [-0.15, -0.1) is 0 Å². The van der Waals surface area contributed by atoms with Gasteiger partial charge in [0.05, 0.1) is 20.1 Å². The first-order valence-electron chi connectivity index (χ1n) is 9.55. The Hall–Kier alpha value is -3.02. The second kappa shape index (κ2) is 9.26. The average Bonchev–Trinajstić information content (AvgIpc) is 2.74. The van der Waals surface area contributed by atoms with Crippen LogP contribution in [0.3, 0.4) is 0 Å². The molecule has 1 aliphatic heterocycles. The number of para-hydroxylation sites is 1. The van der Waals surface area contributed by atoms with Crippen molar-refractivity contribution in [3.63, 3.8) is 0 Å². The monoisotopic (exact) mass is 381 g/mol. The molecule has 2 aromatic rings. The van der Waals surface area contributed by atoms with Crippen LogP contribution in [0.15, 0.2) is 48.5 Å². The van der Waals surface area contributed by atoms with Crippen LogP contribution < -0.4 is 15.0 Å². The Morgan fingerprint density at radius 1 is 1.04 bits per heavy atom. The van der Waals surface area contributed by atoms with E-state index in [0.717, 1.165) is 30.0 Å². The van der Waals surface area contributed by atoms with E-state index in [1.807, 2.05) is 48.2 Å². The van der Waals surface area contributed by atoms with Crippen LogP contribution in [0, 0.1) is 6.92 Å². The first-order valence-corrected chi connectivity index (χ1v) is 9.55. The Kier molecular flexibility index (Phi) is 6.53. The number of carbonyl (C=O) groups excluding carboxylic acids is 2. The van der Waals surface area contributed by atoms with Crippen molar-refractivity contribution < 1.29 is 14.3 Å². The van der Waals surface area contributed by atoms with E-state index >= 15 is 0 Å². The lowest BCUT2D eigenvalue weighted by atomic mass is 10.1. The first kappa shape index (κ1) is 19.7. The number of nitrogens with zero attached hydrogens (tertiary/aromatic N) is 2. The third-order valence-electron chi connectivity index (χ3n) is 5.03. The maximum absolute atomic E-state index is 12.4. The minimum Gasteiger partial charge on any atom is -0.496 e. The Labute approximate surface area is 166 Å². The van der Waals surface area contributed by atoms with Crippen molar-refractivity contribution in [3.8, 4) is 5.75 Å². The van der Waals surface area contributed by atoms with Gasteiger partial charge in [0.2, 0.25) is 11.8 Å². The molecule has 2 amide bonds. The van der Waals surface area contributed by atoms with Crippen molar-refractivity contribution in [2.75, 3.05) is 44.7 Å². The lowest BCUT2D eigenvalue weighted by Crippen LogP contribution is -2.51. The fourth-order valence-electron chi connectivity index (χ4n) is 3.36. The largest absolute Gasteiger partial charge is 0.496 e. The zero-order valence-electron chi connectivity index (χ0n) is 16.5. The molecular weight excluding hydrogens is 354 g/mol. The predicted octanol–water partition coefficient (Wildman–Crippen LogP) is 2.01. The Morgan fingerprint density at radius 2 is 1.75 bits per heavy atom. The van der Waals surface area contributed by atoms with E-state index in [9.17, 15) is 9.59 Å². The van der Waals surface area contributed by atoms with Crippen molar-refractivity contribution in [3.05, 3.63) is 59.7 Å². The molecule has 148 valence electrons. The SMILES string of the molecule is COc1cc(CC(=O)NCC(=O)N2CCN(c3ccccc3)CC2)ccc1C. The van der Waals surface area contributed by atoms with E-state index in [0.29, 0.717) is 13.1 Å². The van der Waals surface area contributed by atoms with Crippen LogP contribution in [-0.4, -0.2) is 56.5 Å². The summed E-state index contributed by atoms with van der Waals surface area (Å²) in [7, 11) is 1.61. The third kappa shape index (κ3) is 5.03. The lowest BCUT2D eigenvalue weighted by Gasteiger charge is -2.36. The second-order valence-electron chi connectivity index (χ2n) is 6.96. The number of aryl methyl sites for hydroxylation is 1. The molecule has 1 saturated heterocycles. The summed E-state index contributed by atoms with van der Waals surface area (Å²) in [6.07, 6.45) is 0.228. The van der Waals surface area contributed by atoms with Crippen LogP contribution in [0.5, 0.6) is 5.75 Å². The summed E-state index contributed by atoms with van der Waals surface area (Å²) in [4.78, 5) is 28.7. The molecule has 6 heteroatoms. The molecule has 3 rings (SSSR count). The summed E-state index contributed by atoms with van der Waals surface area (Å²) in [6, 6.07) is 15.9. The van der Waals surface area contributed by atoms with Crippen molar-refractivity contribution in [2.24, 2.45) is 0 Å². The fourth-order valence-corrected chi connectivity index (χ4v) is 3.36. The quantitative estimate of drug-likeness (QED) is 0.832. The molecule has 0 bridgehead atoms. The zero-order valence-corrected chi connectivity index (χ0v) is 16.5. The Bertz CT molecular complexity index is 815. The topological polar surface area (TPSA) is 61.9 Å². The molecule has 0 spiro atoms. The number of piperazine rings is 1. The zero-order chi connectivity index (χ0) is 19.9. The molecule has 28 heavy (non-hydrogen) atoms. The maximum atomic E-state index is 12.4. The molecule has 0 saturated carbocycles. The second-order valence-corrected chi connectivity index (χ2v) is 6.96. The summed E-state index contributed by atoms with van der Waals surface area (Å²) in [5, 5.41) is 2.74. The van der Waals surface area contributed by atoms with Crippen LogP contribution in [0.4, 0.5) is 5.69 Å². The van der Waals surface area contributed by atoms with Gasteiger partial charge in [0.25, 0.3) is 0 Å². The molecule has 1 N–H and O–H groups in total. The average molecular weight is 381 g/mol. The van der Waals surface area contributed by atoms with Gasteiger partial charge in [-0.1, -0.05) is 30.3 Å². The summed E-state index contributed by atoms with van der Waals surface area (Å²) < 4.78 is 5.29. The molecule has 0 atom stereocenters. The minimum atomic E-state index is -0.165. The maximum Gasteiger partial charge on any atom is 0.242 e. The molecular formula is C22H27N3O3. The summed E-state index contributed by atoms with van der Waals surface area (Å²) >= 11 is 0. The van der Waals surface area contributed by atoms with Gasteiger partial charge in [-0.3, -0.25) is 9.59 Å². The molecule has 0 aromatic heterocycles. The smallest absolute Gasteiger partial charge is 0.242 e. The Morgan fingerprint density at radius 3 is 2.43 bits per heavy atom. The van der Waals surface area contributed by atoms with Gasteiger partial charge < -0.3 is 19.9 Å². The number of nitrogens with one attached hydrogen (secondary N) is 1. The molecule has 2 aromatic carbocycles.